The standard InChI is InChI=1S/C18H29NO9S/c1-6-18(11-26-15(20)13(2)3,12-27-16(21)14(4)5)17(22)25-9-7-8-10-29(23,24)28-19/h2,4,6-12,19H2,1,3,5H3. The molecule has 0 aliphatic rings. The first-order chi connectivity index (χ1) is 13.4. The third-order valence-corrected chi connectivity index (χ3v) is 5.02. The summed E-state index contributed by atoms with van der Waals surface area (Å²) in [6, 6.07) is 0. The Morgan fingerprint density at radius 1 is 0.931 bits per heavy atom. The molecule has 0 radical (unpaired) electrons. The zero-order valence-corrected chi connectivity index (χ0v) is 17.8. The van der Waals surface area contributed by atoms with E-state index < -0.39 is 33.4 Å². The average molecular weight is 435 g/mol. The van der Waals surface area contributed by atoms with Crippen LogP contribution in [0.2, 0.25) is 0 Å². The van der Waals surface area contributed by atoms with Crippen molar-refractivity contribution in [3.05, 3.63) is 24.3 Å². The molecule has 10 nitrogen and oxygen atoms in total. The molecule has 11 heteroatoms. The fourth-order valence-electron chi connectivity index (χ4n) is 1.91. The smallest absolute Gasteiger partial charge is 0.333 e. The lowest BCUT2D eigenvalue weighted by Crippen LogP contribution is -2.42. The second-order valence-corrected chi connectivity index (χ2v) is 8.26. The molecule has 0 fully saturated rings. The van der Waals surface area contributed by atoms with Crippen LogP contribution in [0.25, 0.3) is 0 Å². The second-order valence-electron chi connectivity index (χ2n) is 6.55. The molecule has 29 heavy (non-hydrogen) atoms. The van der Waals surface area contributed by atoms with E-state index >= 15 is 0 Å². The zero-order chi connectivity index (χ0) is 22.7. The number of unbranched alkanes of at least 4 members (excludes halogenated alkanes) is 1. The number of hydrogen-bond acceptors (Lipinski definition) is 10. The number of hydrogen-bond donors (Lipinski definition) is 1. The highest BCUT2D eigenvalue weighted by Gasteiger charge is 2.42. The molecule has 166 valence electrons. The summed E-state index contributed by atoms with van der Waals surface area (Å²) in [6.45, 7) is 10.6. The van der Waals surface area contributed by atoms with E-state index in [1.807, 2.05) is 0 Å². The molecular formula is C18H29NO9S. The van der Waals surface area contributed by atoms with Gasteiger partial charge in [-0.2, -0.15) is 18.6 Å². The Hall–Kier alpha value is -2.24. The molecule has 0 aromatic heterocycles. The van der Waals surface area contributed by atoms with E-state index in [1.54, 1.807) is 6.92 Å². The molecule has 0 spiro atoms. The predicted molar refractivity (Wildman–Crippen MR) is 104 cm³/mol. The van der Waals surface area contributed by atoms with Crippen LogP contribution < -0.4 is 5.90 Å². The molecule has 0 aromatic carbocycles. The molecule has 0 heterocycles. The average Bonchev–Trinajstić information content (AvgIpc) is 2.67. The minimum absolute atomic E-state index is 0.0937. The SMILES string of the molecule is C=C(C)C(=O)OCC(CC)(COC(=O)C(=C)C)C(=O)OCCCCS(=O)(=O)ON. The lowest BCUT2D eigenvalue weighted by Gasteiger charge is -2.29. The Morgan fingerprint density at radius 2 is 1.41 bits per heavy atom. The molecule has 0 saturated carbocycles. The predicted octanol–water partition coefficient (Wildman–Crippen LogP) is 1.16. The molecule has 0 bridgehead atoms. The van der Waals surface area contributed by atoms with Crippen LogP contribution in [0.4, 0.5) is 0 Å². The van der Waals surface area contributed by atoms with Crippen LogP contribution in [0.15, 0.2) is 24.3 Å². The summed E-state index contributed by atoms with van der Waals surface area (Å²) < 4.78 is 41.5. The second kappa shape index (κ2) is 12.3. The maximum atomic E-state index is 12.7. The summed E-state index contributed by atoms with van der Waals surface area (Å²) in [5, 5.41) is 0. The Kier molecular flexibility index (Phi) is 11.4. The van der Waals surface area contributed by atoms with Crippen molar-refractivity contribution in [1.82, 2.24) is 0 Å². The van der Waals surface area contributed by atoms with Gasteiger partial charge in [-0.05, 0) is 33.1 Å². The van der Waals surface area contributed by atoms with Gasteiger partial charge in [0.05, 0.1) is 12.4 Å². The Bertz CT molecular complexity index is 698. The molecular weight excluding hydrogens is 406 g/mol. The molecule has 0 aliphatic carbocycles. The first-order valence-corrected chi connectivity index (χ1v) is 10.4. The maximum absolute atomic E-state index is 12.7. The fourth-order valence-corrected chi connectivity index (χ4v) is 2.56. The van der Waals surface area contributed by atoms with Gasteiger partial charge in [0.1, 0.15) is 18.6 Å². The van der Waals surface area contributed by atoms with E-state index in [9.17, 15) is 22.8 Å². The van der Waals surface area contributed by atoms with Crippen LogP contribution in [0.5, 0.6) is 0 Å². The number of nitrogens with two attached hydrogens (primary N) is 1. The lowest BCUT2D eigenvalue weighted by molar-refractivity contribution is -0.170. The van der Waals surface area contributed by atoms with Crippen molar-refractivity contribution in [3.63, 3.8) is 0 Å². The first-order valence-electron chi connectivity index (χ1n) is 8.84. The summed E-state index contributed by atoms with van der Waals surface area (Å²) in [5.74, 6) is 2.16. The third kappa shape index (κ3) is 9.68. The molecule has 0 rings (SSSR count). The monoisotopic (exact) mass is 435 g/mol. The lowest BCUT2D eigenvalue weighted by atomic mass is 9.87. The van der Waals surface area contributed by atoms with Gasteiger partial charge in [-0.25, -0.2) is 9.59 Å². The van der Waals surface area contributed by atoms with Gasteiger partial charge < -0.3 is 14.2 Å². The van der Waals surface area contributed by atoms with Gasteiger partial charge in [-0.15, -0.1) is 0 Å². The topological polar surface area (TPSA) is 148 Å². The summed E-state index contributed by atoms with van der Waals surface area (Å²) in [6.07, 6.45) is 0.528. The van der Waals surface area contributed by atoms with Crippen molar-refractivity contribution in [1.29, 1.82) is 0 Å². The number of ether oxygens (including phenoxy) is 3. The maximum Gasteiger partial charge on any atom is 0.333 e. The van der Waals surface area contributed by atoms with Crippen LogP contribution in [0.3, 0.4) is 0 Å². The molecule has 0 aliphatic heterocycles. The minimum Gasteiger partial charge on any atom is -0.465 e. The number of carbonyl (C=O) groups excluding carboxylic acids is 3. The van der Waals surface area contributed by atoms with Crippen molar-refractivity contribution in [2.45, 2.75) is 40.0 Å². The number of esters is 3. The summed E-state index contributed by atoms with van der Waals surface area (Å²) in [4.78, 5) is 36.1. The van der Waals surface area contributed by atoms with E-state index in [1.165, 1.54) is 13.8 Å². The Morgan fingerprint density at radius 3 is 1.79 bits per heavy atom. The largest absolute Gasteiger partial charge is 0.465 e. The summed E-state index contributed by atoms with van der Waals surface area (Å²) >= 11 is 0. The highest BCUT2D eigenvalue weighted by Crippen LogP contribution is 2.26. The first kappa shape index (κ1) is 26.8. The minimum atomic E-state index is -3.80. The van der Waals surface area contributed by atoms with Crippen molar-refractivity contribution in [2.24, 2.45) is 11.3 Å². The van der Waals surface area contributed by atoms with E-state index in [0.29, 0.717) is 0 Å². The van der Waals surface area contributed by atoms with Crippen LogP contribution in [0.1, 0.15) is 40.0 Å². The van der Waals surface area contributed by atoms with Gasteiger partial charge in [0.25, 0.3) is 10.1 Å². The highest BCUT2D eigenvalue weighted by atomic mass is 32.2. The van der Waals surface area contributed by atoms with Gasteiger partial charge in [-0.3, -0.25) is 4.79 Å². The van der Waals surface area contributed by atoms with Crippen molar-refractivity contribution < 1.29 is 41.3 Å². The van der Waals surface area contributed by atoms with Gasteiger partial charge in [0, 0.05) is 11.1 Å². The molecule has 0 unspecified atom stereocenters. The van der Waals surface area contributed by atoms with Gasteiger partial charge in [-0.1, -0.05) is 20.1 Å². The van der Waals surface area contributed by atoms with E-state index in [-0.39, 0.29) is 56.0 Å². The molecule has 0 aromatic rings. The van der Waals surface area contributed by atoms with Crippen LogP contribution in [-0.2, 0) is 43.0 Å². The third-order valence-electron chi connectivity index (χ3n) is 3.93. The Balaban J connectivity index is 5.05. The fraction of sp³-hybridized carbons (Fsp3) is 0.611. The van der Waals surface area contributed by atoms with Gasteiger partial charge >= 0.3 is 17.9 Å². The normalized spacial score (nSPS) is 11.4. The van der Waals surface area contributed by atoms with Crippen molar-refractivity contribution in [2.75, 3.05) is 25.6 Å². The van der Waals surface area contributed by atoms with E-state index in [4.69, 9.17) is 14.2 Å². The van der Waals surface area contributed by atoms with E-state index in [2.05, 4.69) is 23.3 Å². The van der Waals surface area contributed by atoms with E-state index in [0.717, 1.165) is 0 Å². The summed E-state index contributed by atoms with van der Waals surface area (Å²) in [5.41, 5.74) is -1.14. The number of rotatable bonds is 14. The van der Waals surface area contributed by atoms with Crippen molar-refractivity contribution in [3.8, 4) is 0 Å². The summed E-state index contributed by atoms with van der Waals surface area (Å²) in [7, 11) is -3.80. The van der Waals surface area contributed by atoms with Gasteiger partial charge in [0.2, 0.25) is 0 Å². The molecule has 0 amide bonds. The molecule has 2 N–H and O–H groups in total. The zero-order valence-electron chi connectivity index (χ0n) is 17.0. The van der Waals surface area contributed by atoms with Crippen LogP contribution >= 0.6 is 0 Å². The molecule has 0 saturated heterocycles. The number of carbonyl (C=O) groups is 3. The van der Waals surface area contributed by atoms with Gasteiger partial charge in [0.15, 0.2) is 0 Å². The highest BCUT2D eigenvalue weighted by molar-refractivity contribution is 7.86. The van der Waals surface area contributed by atoms with Crippen LogP contribution in [0, 0.1) is 5.41 Å². The molecule has 0 atom stereocenters. The van der Waals surface area contributed by atoms with Crippen LogP contribution in [-0.4, -0.2) is 51.9 Å². The Labute approximate surface area is 171 Å². The van der Waals surface area contributed by atoms with Crippen molar-refractivity contribution >= 4 is 28.0 Å². The quantitative estimate of drug-likeness (QED) is 0.138.